The molecule has 0 fully saturated rings. The molecule has 5 nitrogen and oxygen atoms in total. The van der Waals surface area contributed by atoms with Gasteiger partial charge in [-0.1, -0.05) is 13.0 Å². The zero-order valence-corrected chi connectivity index (χ0v) is 11.4. The lowest BCUT2D eigenvalue weighted by Crippen LogP contribution is -1.97. The van der Waals surface area contributed by atoms with Gasteiger partial charge >= 0.3 is 0 Å². The Balaban J connectivity index is 2.01. The number of nitrogens with two attached hydrogens (primary N) is 1. The summed E-state index contributed by atoms with van der Waals surface area (Å²) in [6.07, 6.45) is 8.62. The standard InChI is InChI=1S/C15H17N5/c1-2-6-19-10-12(8-18-19)15-9-17-11-20(15)14-5-3-4-13(16)7-14/h3-5,7-11H,2,6,16H2,1H3. The highest BCUT2D eigenvalue weighted by molar-refractivity contribution is 5.61. The first-order valence-electron chi connectivity index (χ1n) is 6.69. The number of imidazole rings is 1. The van der Waals surface area contributed by atoms with E-state index in [-0.39, 0.29) is 0 Å². The monoisotopic (exact) mass is 267 g/mol. The molecule has 0 aliphatic rings. The van der Waals surface area contributed by atoms with E-state index in [1.807, 2.05) is 52.1 Å². The van der Waals surface area contributed by atoms with E-state index in [1.54, 1.807) is 6.33 Å². The first-order chi connectivity index (χ1) is 9.78. The zero-order valence-electron chi connectivity index (χ0n) is 11.4. The number of hydrogen-bond donors (Lipinski definition) is 1. The molecule has 0 aliphatic heterocycles. The van der Waals surface area contributed by atoms with Crippen molar-refractivity contribution in [1.82, 2.24) is 19.3 Å². The van der Waals surface area contributed by atoms with Gasteiger partial charge in [0.25, 0.3) is 0 Å². The number of aromatic nitrogens is 4. The fourth-order valence-electron chi connectivity index (χ4n) is 2.24. The van der Waals surface area contributed by atoms with Crippen LogP contribution in [0.1, 0.15) is 13.3 Å². The highest BCUT2D eigenvalue weighted by atomic mass is 15.3. The molecule has 0 radical (unpaired) electrons. The fourth-order valence-corrected chi connectivity index (χ4v) is 2.24. The van der Waals surface area contributed by atoms with E-state index in [1.165, 1.54) is 0 Å². The first kappa shape index (κ1) is 12.5. The minimum Gasteiger partial charge on any atom is -0.399 e. The molecule has 0 atom stereocenters. The summed E-state index contributed by atoms with van der Waals surface area (Å²) in [5.74, 6) is 0. The number of anilines is 1. The van der Waals surface area contributed by atoms with Crippen molar-refractivity contribution in [1.29, 1.82) is 0 Å². The molecule has 1 aromatic carbocycles. The summed E-state index contributed by atoms with van der Waals surface area (Å²) in [7, 11) is 0. The average Bonchev–Trinajstić information content (AvgIpc) is 3.07. The van der Waals surface area contributed by atoms with Crippen LogP contribution in [0.4, 0.5) is 5.69 Å². The van der Waals surface area contributed by atoms with Crippen molar-refractivity contribution in [2.24, 2.45) is 0 Å². The van der Waals surface area contributed by atoms with Gasteiger partial charge in [0.2, 0.25) is 0 Å². The van der Waals surface area contributed by atoms with Crippen molar-refractivity contribution in [3.8, 4) is 16.9 Å². The lowest BCUT2D eigenvalue weighted by molar-refractivity contribution is 0.603. The molecular weight excluding hydrogens is 250 g/mol. The average molecular weight is 267 g/mol. The van der Waals surface area contributed by atoms with Crippen LogP contribution < -0.4 is 5.73 Å². The molecule has 0 spiro atoms. The Labute approximate surface area is 117 Å². The molecular formula is C15H17N5. The maximum Gasteiger partial charge on any atom is 0.0997 e. The molecule has 3 rings (SSSR count). The van der Waals surface area contributed by atoms with Crippen molar-refractivity contribution in [3.05, 3.63) is 49.2 Å². The summed E-state index contributed by atoms with van der Waals surface area (Å²) in [5, 5.41) is 4.37. The van der Waals surface area contributed by atoms with E-state index in [0.717, 1.165) is 35.6 Å². The Bertz CT molecular complexity index is 710. The van der Waals surface area contributed by atoms with Crippen molar-refractivity contribution in [2.75, 3.05) is 5.73 Å². The normalized spacial score (nSPS) is 10.8. The van der Waals surface area contributed by atoms with Gasteiger partial charge in [0, 0.05) is 29.7 Å². The first-order valence-corrected chi connectivity index (χ1v) is 6.69. The molecule has 0 bridgehead atoms. The van der Waals surface area contributed by atoms with Crippen LogP contribution in [0, 0.1) is 0 Å². The van der Waals surface area contributed by atoms with Crippen LogP contribution in [-0.4, -0.2) is 19.3 Å². The molecule has 102 valence electrons. The molecule has 3 aromatic rings. The van der Waals surface area contributed by atoms with E-state index >= 15 is 0 Å². The quantitative estimate of drug-likeness (QED) is 0.739. The molecule has 0 aliphatic carbocycles. The minimum atomic E-state index is 0.740. The van der Waals surface area contributed by atoms with Crippen molar-refractivity contribution in [3.63, 3.8) is 0 Å². The largest absolute Gasteiger partial charge is 0.399 e. The van der Waals surface area contributed by atoms with Gasteiger partial charge in [-0.2, -0.15) is 5.10 Å². The molecule has 0 unspecified atom stereocenters. The van der Waals surface area contributed by atoms with Crippen LogP contribution in [-0.2, 0) is 6.54 Å². The Morgan fingerprint density at radius 2 is 2.15 bits per heavy atom. The number of benzene rings is 1. The van der Waals surface area contributed by atoms with Crippen LogP contribution in [0.2, 0.25) is 0 Å². The van der Waals surface area contributed by atoms with E-state index in [4.69, 9.17) is 5.73 Å². The van der Waals surface area contributed by atoms with Crippen LogP contribution >= 0.6 is 0 Å². The van der Waals surface area contributed by atoms with Gasteiger partial charge in [0.05, 0.1) is 24.4 Å². The van der Waals surface area contributed by atoms with Crippen LogP contribution in [0.25, 0.3) is 16.9 Å². The summed E-state index contributed by atoms with van der Waals surface area (Å²) in [6, 6.07) is 7.76. The zero-order chi connectivity index (χ0) is 13.9. The SMILES string of the molecule is CCCn1cc(-c2cncn2-c2cccc(N)c2)cn1. The lowest BCUT2D eigenvalue weighted by atomic mass is 10.2. The second kappa shape index (κ2) is 5.21. The summed E-state index contributed by atoms with van der Waals surface area (Å²) in [6.45, 7) is 3.06. The van der Waals surface area contributed by atoms with Gasteiger partial charge in [-0.05, 0) is 24.6 Å². The smallest absolute Gasteiger partial charge is 0.0997 e. The highest BCUT2D eigenvalue weighted by Gasteiger charge is 2.09. The van der Waals surface area contributed by atoms with Gasteiger partial charge in [0.15, 0.2) is 0 Å². The summed E-state index contributed by atoms with van der Waals surface area (Å²) in [4.78, 5) is 4.24. The number of aryl methyl sites for hydroxylation is 1. The van der Waals surface area contributed by atoms with Crippen molar-refractivity contribution in [2.45, 2.75) is 19.9 Å². The second-order valence-electron chi connectivity index (χ2n) is 4.74. The molecule has 0 amide bonds. The minimum absolute atomic E-state index is 0.740. The van der Waals surface area contributed by atoms with E-state index in [0.29, 0.717) is 0 Å². The Morgan fingerprint density at radius 3 is 2.95 bits per heavy atom. The predicted molar refractivity (Wildman–Crippen MR) is 79.5 cm³/mol. The summed E-state index contributed by atoms with van der Waals surface area (Å²) < 4.78 is 3.97. The maximum atomic E-state index is 5.85. The third-order valence-corrected chi connectivity index (χ3v) is 3.17. The topological polar surface area (TPSA) is 61.7 Å². The Hall–Kier alpha value is -2.56. The molecule has 0 saturated heterocycles. The molecule has 2 N–H and O–H groups in total. The van der Waals surface area contributed by atoms with Gasteiger partial charge < -0.3 is 5.73 Å². The van der Waals surface area contributed by atoms with Gasteiger partial charge in [0.1, 0.15) is 0 Å². The predicted octanol–water partition coefficient (Wildman–Crippen LogP) is 2.73. The van der Waals surface area contributed by atoms with Gasteiger partial charge in [-0.15, -0.1) is 0 Å². The third-order valence-electron chi connectivity index (χ3n) is 3.17. The Morgan fingerprint density at radius 1 is 1.25 bits per heavy atom. The molecule has 5 heteroatoms. The summed E-state index contributed by atoms with van der Waals surface area (Å²) in [5.41, 5.74) is 9.65. The fraction of sp³-hybridized carbons (Fsp3) is 0.200. The number of rotatable bonds is 4. The number of hydrogen-bond acceptors (Lipinski definition) is 3. The lowest BCUT2D eigenvalue weighted by Gasteiger charge is -2.07. The van der Waals surface area contributed by atoms with E-state index < -0.39 is 0 Å². The molecule has 2 aromatic heterocycles. The number of nitrogens with zero attached hydrogens (tertiary/aromatic N) is 4. The second-order valence-corrected chi connectivity index (χ2v) is 4.74. The van der Waals surface area contributed by atoms with Crippen LogP contribution in [0.3, 0.4) is 0 Å². The Kier molecular flexibility index (Phi) is 3.25. The maximum absolute atomic E-state index is 5.85. The van der Waals surface area contributed by atoms with Gasteiger partial charge in [-0.25, -0.2) is 4.98 Å². The molecule has 2 heterocycles. The van der Waals surface area contributed by atoms with Gasteiger partial charge in [-0.3, -0.25) is 9.25 Å². The van der Waals surface area contributed by atoms with Crippen molar-refractivity contribution >= 4 is 5.69 Å². The molecule has 20 heavy (non-hydrogen) atoms. The van der Waals surface area contributed by atoms with Crippen LogP contribution in [0.5, 0.6) is 0 Å². The highest BCUT2D eigenvalue weighted by Crippen LogP contribution is 2.23. The van der Waals surface area contributed by atoms with Crippen LogP contribution in [0.15, 0.2) is 49.2 Å². The van der Waals surface area contributed by atoms with Crippen molar-refractivity contribution < 1.29 is 0 Å². The number of nitrogen functional groups attached to an aromatic ring is 1. The van der Waals surface area contributed by atoms with E-state index in [2.05, 4.69) is 17.0 Å². The summed E-state index contributed by atoms with van der Waals surface area (Å²) >= 11 is 0. The van der Waals surface area contributed by atoms with E-state index in [9.17, 15) is 0 Å². The molecule has 0 saturated carbocycles. The third kappa shape index (κ3) is 2.30.